The number of pyridine rings is 1. The molecular formula is C39H42N4O6. The Balaban J connectivity index is 1.34. The molecule has 0 bridgehead atoms. The Morgan fingerprint density at radius 1 is 1.06 bits per heavy atom. The Bertz CT molecular complexity index is 1900. The molecule has 49 heavy (non-hydrogen) atoms. The number of benzene rings is 3. The fourth-order valence-corrected chi connectivity index (χ4v) is 6.64. The number of nitrogens with zero attached hydrogens (tertiary/aromatic N) is 2. The number of anilines is 1. The topological polar surface area (TPSA) is 130 Å². The van der Waals surface area contributed by atoms with Gasteiger partial charge in [-0.05, 0) is 49.1 Å². The lowest BCUT2D eigenvalue weighted by Gasteiger charge is -2.31. The van der Waals surface area contributed by atoms with Crippen LogP contribution in [0, 0.1) is 18.8 Å². The summed E-state index contributed by atoms with van der Waals surface area (Å²) in [6.07, 6.45) is 1.39. The van der Waals surface area contributed by atoms with Crippen molar-refractivity contribution in [2.45, 2.75) is 57.3 Å². The summed E-state index contributed by atoms with van der Waals surface area (Å²) in [5.41, 5.74) is 2.68. The average molecular weight is 663 g/mol. The molecule has 5 atom stereocenters. The number of ether oxygens (including phenoxy) is 2. The fraction of sp³-hybridized carbons (Fsp3) is 0.333. The molecule has 1 unspecified atom stereocenters. The van der Waals surface area contributed by atoms with E-state index in [0.717, 1.165) is 22.2 Å². The third kappa shape index (κ3) is 6.81. The highest BCUT2D eigenvalue weighted by atomic mass is 16.5. The largest absolute Gasteiger partial charge is 0.497 e. The molecule has 2 amide bonds. The first kappa shape index (κ1) is 33.5. The summed E-state index contributed by atoms with van der Waals surface area (Å²) in [6, 6.07) is 23.4. The van der Waals surface area contributed by atoms with E-state index < -0.39 is 41.5 Å². The molecule has 0 spiro atoms. The second-order valence-corrected chi connectivity index (χ2v) is 13.3. The molecule has 1 saturated carbocycles. The molecule has 1 aliphatic heterocycles. The van der Waals surface area contributed by atoms with Gasteiger partial charge in [0.1, 0.15) is 35.2 Å². The van der Waals surface area contributed by atoms with Crippen LogP contribution in [0.15, 0.2) is 91.5 Å². The van der Waals surface area contributed by atoms with Crippen LogP contribution in [0.5, 0.6) is 11.5 Å². The predicted molar refractivity (Wildman–Crippen MR) is 189 cm³/mol. The Morgan fingerprint density at radius 2 is 1.84 bits per heavy atom. The second-order valence-electron chi connectivity index (χ2n) is 13.3. The second kappa shape index (κ2) is 13.6. The van der Waals surface area contributed by atoms with Crippen LogP contribution < -0.4 is 20.1 Å². The van der Waals surface area contributed by atoms with Gasteiger partial charge in [0, 0.05) is 41.1 Å². The summed E-state index contributed by atoms with van der Waals surface area (Å²) < 4.78 is 12.2. The zero-order valence-corrected chi connectivity index (χ0v) is 28.2. The number of nitrogens with one attached hydrogen (secondary N) is 2. The van der Waals surface area contributed by atoms with Crippen LogP contribution in [0.4, 0.5) is 5.69 Å². The summed E-state index contributed by atoms with van der Waals surface area (Å²) >= 11 is 0. The van der Waals surface area contributed by atoms with Crippen molar-refractivity contribution in [3.05, 3.63) is 97.1 Å². The maximum Gasteiger partial charge on any atom is 0.330 e. The molecule has 10 nitrogen and oxygen atoms in total. The minimum atomic E-state index is -1.44. The highest BCUT2D eigenvalue weighted by Gasteiger charge is 2.61. The van der Waals surface area contributed by atoms with E-state index in [1.54, 1.807) is 18.1 Å². The minimum absolute atomic E-state index is 0.122. The van der Waals surface area contributed by atoms with E-state index in [1.165, 1.54) is 0 Å². The molecule has 1 aromatic heterocycles. The van der Waals surface area contributed by atoms with Gasteiger partial charge in [-0.3, -0.25) is 9.59 Å². The lowest BCUT2D eigenvalue weighted by molar-refractivity contribution is -0.145. The molecule has 2 fully saturated rings. The van der Waals surface area contributed by atoms with E-state index in [-0.39, 0.29) is 31.2 Å². The van der Waals surface area contributed by atoms with Gasteiger partial charge in [0.2, 0.25) is 11.8 Å². The number of carboxylic acid groups (broad SMARTS) is 1. The highest BCUT2D eigenvalue weighted by molar-refractivity contribution is 5.96. The Labute approximate surface area is 286 Å². The van der Waals surface area contributed by atoms with Gasteiger partial charge in [0.05, 0.1) is 24.9 Å². The van der Waals surface area contributed by atoms with Crippen LogP contribution in [0.3, 0.4) is 0 Å². The third-order valence-electron chi connectivity index (χ3n) is 9.49. The van der Waals surface area contributed by atoms with Crippen LogP contribution in [-0.4, -0.2) is 70.2 Å². The summed E-state index contributed by atoms with van der Waals surface area (Å²) in [4.78, 5) is 47.1. The number of methoxy groups -OCH3 is 1. The number of amides is 2. The molecule has 6 rings (SSSR count). The first-order chi connectivity index (χ1) is 23.5. The van der Waals surface area contributed by atoms with Crippen LogP contribution in [0.2, 0.25) is 0 Å². The monoisotopic (exact) mass is 662 g/mol. The number of fused-ring (bicyclic) bond motifs is 1. The summed E-state index contributed by atoms with van der Waals surface area (Å²) in [7, 11) is 1.60. The van der Waals surface area contributed by atoms with E-state index in [0.29, 0.717) is 22.7 Å². The van der Waals surface area contributed by atoms with Gasteiger partial charge >= 0.3 is 5.97 Å². The number of rotatable bonds is 12. The average Bonchev–Trinajstić information content (AvgIpc) is 3.66. The van der Waals surface area contributed by atoms with Crippen LogP contribution >= 0.6 is 0 Å². The van der Waals surface area contributed by atoms with Crippen LogP contribution in [0.1, 0.15) is 32.3 Å². The first-order valence-electron chi connectivity index (χ1n) is 16.6. The van der Waals surface area contributed by atoms with E-state index in [1.807, 2.05) is 99.6 Å². The fourth-order valence-electron chi connectivity index (χ4n) is 6.64. The van der Waals surface area contributed by atoms with Crippen LogP contribution in [-0.2, 0) is 14.4 Å². The SMILES string of the molecule is C=C[C@H]1CC1(NC(=O)[C@@H]1C[C@@H](Oc2cc(-c3ccccc3)nc3cc(OC)ccc23)CN1C(=O)[C@@H](Nc1cccc(C)c1)C(C)C)C(=O)O. The van der Waals surface area contributed by atoms with Crippen molar-refractivity contribution in [2.24, 2.45) is 11.8 Å². The van der Waals surface area contributed by atoms with Gasteiger partial charge in [0.25, 0.3) is 0 Å². The number of hydrogen-bond donors (Lipinski definition) is 3. The van der Waals surface area contributed by atoms with Gasteiger partial charge in [-0.2, -0.15) is 0 Å². The van der Waals surface area contributed by atoms with Gasteiger partial charge in [-0.1, -0.05) is 62.4 Å². The molecular weight excluding hydrogens is 620 g/mol. The first-order valence-corrected chi connectivity index (χ1v) is 16.6. The number of aromatic nitrogens is 1. The Morgan fingerprint density at radius 3 is 2.49 bits per heavy atom. The quantitative estimate of drug-likeness (QED) is 0.161. The maximum absolute atomic E-state index is 14.4. The number of aliphatic carboxylic acids is 1. The molecule has 2 heterocycles. The Kier molecular flexibility index (Phi) is 9.32. The van der Waals surface area contributed by atoms with E-state index in [9.17, 15) is 19.5 Å². The number of carboxylic acids is 1. The lowest BCUT2D eigenvalue weighted by atomic mass is 10.0. The number of carbonyl (C=O) groups excluding carboxylic acids is 2. The molecule has 10 heteroatoms. The predicted octanol–water partition coefficient (Wildman–Crippen LogP) is 5.85. The molecule has 1 saturated heterocycles. The van der Waals surface area contributed by atoms with Crippen molar-refractivity contribution in [1.29, 1.82) is 0 Å². The number of carbonyl (C=O) groups is 3. The van der Waals surface area contributed by atoms with Gasteiger partial charge < -0.3 is 30.1 Å². The van der Waals surface area contributed by atoms with Crippen molar-refractivity contribution in [2.75, 3.05) is 19.0 Å². The smallest absolute Gasteiger partial charge is 0.330 e. The molecule has 0 radical (unpaired) electrons. The molecule has 4 aromatic rings. The number of aryl methyl sites for hydroxylation is 1. The molecule has 254 valence electrons. The maximum atomic E-state index is 14.4. The van der Waals surface area contributed by atoms with E-state index >= 15 is 0 Å². The van der Waals surface area contributed by atoms with Gasteiger partial charge in [-0.15, -0.1) is 6.58 Å². The Hall–Kier alpha value is -5.38. The normalized spacial score (nSPS) is 22.0. The van der Waals surface area contributed by atoms with Gasteiger partial charge in [0.15, 0.2) is 0 Å². The third-order valence-corrected chi connectivity index (χ3v) is 9.49. The minimum Gasteiger partial charge on any atom is -0.497 e. The summed E-state index contributed by atoms with van der Waals surface area (Å²) in [5, 5.41) is 16.9. The van der Waals surface area contributed by atoms with E-state index in [2.05, 4.69) is 17.2 Å². The molecule has 1 aliphatic carbocycles. The molecule has 2 aliphatic rings. The van der Waals surface area contributed by atoms with Crippen molar-refractivity contribution < 1.29 is 29.0 Å². The standard InChI is InChI=1S/C39H42N4O6/c1-6-26-21-39(26,38(46)47)42-36(44)33-19-29(22-43(33)37(45)35(23(2)3)40-27-14-10-11-24(4)17-27)49-34-20-31(25-12-8-7-9-13-25)41-32-18-28(48-5)15-16-30(32)34/h6-18,20,23,26,29,33,35,40H,1,19,21-22H2,2-5H3,(H,42,44)(H,46,47)/t26-,29+,33-,35-,39?/m0/s1. The van der Waals surface area contributed by atoms with Crippen molar-refractivity contribution in [3.8, 4) is 22.8 Å². The summed E-state index contributed by atoms with van der Waals surface area (Å²) in [5.74, 6) is -1.23. The lowest BCUT2D eigenvalue weighted by Crippen LogP contribution is -2.55. The summed E-state index contributed by atoms with van der Waals surface area (Å²) in [6.45, 7) is 9.75. The number of likely N-dealkylation sites (tertiary alicyclic amines) is 1. The zero-order chi connectivity index (χ0) is 34.9. The number of hydrogen-bond acceptors (Lipinski definition) is 7. The van der Waals surface area contributed by atoms with Crippen molar-refractivity contribution in [3.63, 3.8) is 0 Å². The van der Waals surface area contributed by atoms with E-state index in [4.69, 9.17) is 14.5 Å². The van der Waals surface area contributed by atoms with Crippen molar-refractivity contribution in [1.82, 2.24) is 15.2 Å². The zero-order valence-electron chi connectivity index (χ0n) is 28.2. The van der Waals surface area contributed by atoms with Crippen molar-refractivity contribution >= 4 is 34.4 Å². The highest BCUT2D eigenvalue weighted by Crippen LogP contribution is 2.45. The molecule has 3 aromatic carbocycles. The van der Waals surface area contributed by atoms with Crippen LogP contribution in [0.25, 0.3) is 22.2 Å². The van der Waals surface area contributed by atoms with Gasteiger partial charge in [-0.25, -0.2) is 9.78 Å². The molecule has 3 N–H and O–H groups in total.